The van der Waals surface area contributed by atoms with Gasteiger partial charge < -0.3 is 19.5 Å². The molecule has 2 aromatic rings. The van der Waals surface area contributed by atoms with Crippen LogP contribution in [-0.4, -0.2) is 74.7 Å². The Labute approximate surface area is 191 Å². The Kier molecular flexibility index (Phi) is 7.01. The van der Waals surface area contributed by atoms with Gasteiger partial charge in [-0.2, -0.15) is 39.5 Å². The molecule has 3 heterocycles. The molecule has 11 nitrogen and oxygen atoms in total. The van der Waals surface area contributed by atoms with E-state index in [1.54, 1.807) is 0 Å². The largest absolute Gasteiger partial charge is 0.490 e. The summed E-state index contributed by atoms with van der Waals surface area (Å²) in [5.74, 6) is -8.50. The average Bonchev–Trinajstić information content (AvgIpc) is 3.34. The van der Waals surface area contributed by atoms with Crippen LogP contribution in [0.3, 0.4) is 0 Å². The average molecular weight is 539 g/mol. The number of rotatable bonds is 5. The zero-order valence-electron chi connectivity index (χ0n) is 16.9. The first-order valence-corrected chi connectivity index (χ1v) is 9.21. The number of carbonyl (C=O) groups excluding carboxylic acids is 3. The smallest absolute Gasteiger partial charge is 0.456 e. The number of nitrogens with one attached hydrogen (secondary N) is 1. The maximum Gasteiger partial charge on any atom is 0.490 e. The summed E-state index contributed by atoms with van der Waals surface area (Å²) >= 11 is 0. The highest BCUT2D eigenvalue weighted by molar-refractivity contribution is 5.99. The molecule has 36 heavy (non-hydrogen) atoms. The van der Waals surface area contributed by atoms with Gasteiger partial charge in [0.2, 0.25) is 0 Å². The zero-order chi connectivity index (χ0) is 27.1. The third-order valence-electron chi connectivity index (χ3n) is 4.44. The first-order valence-electron chi connectivity index (χ1n) is 9.21. The lowest BCUT2D eigenvalue weighted by molar-refractivity contribution is -0.212. The quantitative estimate of drug-likeness (QED) is 0.448. The molecule has 2 aromatic heterocycles. The Hall–Kier alpha value is -3.71. The Morgan fingerprint density at radius 3 is 2.19 bits per heavy atom. The van der Waals surface area contributed by atoms with Gasteiger partial charge >= 0.3 is 36.4 Å². The van der Waals surface area contributed by atoms with E-state index in [9.17, 15) is 53.9 Å². The van der Waals surface area contributed by atoms with Gasteiger partial charge in [-0.3, -0.25) is 9.36 Å². The Morgan fingerprint density at radius 2 is 1.61 bits per heavy atom. The van der Waals surface area contributed by atoms with Crippen LogP contribution in [0.25, 0.3) is 11.2 Å². The lowest BCUT2D eigenvalue weighted by Crippen LogP contribution is -2.37. The Bertz CT molecular complexity index is 1160. The van der Waals surface area contributed by atoms with E-state index in [1.807, 2.05) is 0 Å². The summed E-state index contributed by atoms with van der Waals surface area (Å²) in [7, 11) is 0. The van der Waals surface area contributed by atoms with Crippen molar-refractivity contribution in [2.75, 3.05) is 11.9 Å². The molecule has 0 bridgehead atoms. The normalized spacial score (nSPS) is 20.9. The van der Waals surface area contributed by atoms with Gasteiger partial charge in [-0.1, -0.05) is 0 Å². The van der Waals surface area contributed by atoms with Crippen molar-refractivity contribution in [3.63, 3.8) is 0 Å². The first-order chi connectivity index (χ1) is 16.5. The number of halogens is 9. The minimum atomic E-state index is -5.48. The fourth-order valence-corrected chi connectivity index (χ4v) is 2.92. The second-order valence-electron chi connectivity index (χ2n) is 6.90. The van der Waals surface area contributed by atoms with E-state index < -0.39 is 79.2 Å². The number of ether oxygens (including phenoxy) is 3. The van der Waals surface area contributed by atoms with Crippen molar-refractivity contribution < 1.29 is 68.1 Å². The standard InChI is InChI=1S/C16H10F9N5O6/c17-14(18,19)11(31)29-9-8-10(27-3-26-9)30(4-28-8)7-1-5(36-13(33)16(23,24)25)6(35-7)2-34-12(32)15(20,21)22/h3-7H,1-2H2,(H,26,27,29,31). The predicted molar refractivity (Wildman–Crippen MR) is 91.5 cm³/mol. The minimum absolute atomic E-state index is 0.318. The van der Waals surface area contributed by atoms with Crippen LogP contribution < -0.4 is 5.32 Å². The van der Waals surface area contributed by atoms with Crippen molar-refractivity contribution in [2.24, 2.45) is 0 Å². The van der Waals surface area contributed by atoms with Gasteiger partial charge in [0, 0.05) is 6.42 Å². The fourth-order valence-electron chi connectivity index (χ4n) is 2.92. The molecule has 1 amide bonds. The fraction of sp³-hybridized carbons (Fsp3) is 0.500. The molecule has 1 N–H and O–H groups in total. The van der Waals surface area contributed by atoms with E-state index in [2.05, 4.69) is 24.4 Å². The van der Waals surface area contributed by atoms with Crippen LogP contribution >= 0.6 is 0 Å². The second kappa shape index (κ2) is 9.39. The maximum atomic E-state index is 12.6. The van der Waals surface area contributed by atoms with Crippen LogP contribution in [0.5, 0.6) is 0 Å². The van der Waals surface area contributed by atoms with Gasteiger partial charge in [-0.15, -0.1) is 0 Å². The summed E-state index contributed by atoms with van der Waals surface area (Å²) in [5, 5.41) is 1.45. The van der Waals surface area contributed by atoms with Crippen LogP contribution in [0, 0.1) is 0 Å². The van der Waals surface area contributed by atoms with Crippen molar-refractivity contribution in [3.8, 4) is 0 Å². The monoisotopic (exact) mass is 539 g/mol. The van der Waals surface area contributed by atoms with E-state index in [0.717, 1.165) is 10.9 Å². The van der Waals surface area contributed by atoms with Crippen molar-refractivity contribution >= 4 is 34.8 Å². The third kappa shape index (κ3) is 5.91. The SMILES string of the molecule is O=C(Nc1ncnc2c1ncn2C1CC(OC(=O)C(F)(F)F)C(COC(=O)C(F)(F)F)O1)C(F)(F)F. The minimum Gasteiger partial charge on any atom is -0.456 e. The zero-order valence-corrected chi connectivity index (χ0v) is 16.9. The molecule has 0 spiro atoms. The summed E-state index contributed by atoms with van der Waals surface area (Å²) < 4.78 is 127. The van der Waals surface area contributed by atoms with E-state index in [1.165, 1.54) is 5.32 Å². The molecule has 3 rings (SSSR count). The number of alkyl halides is 9. The predicted octanol–water partition coefficient (Wildman–Crippen LogP) is 2.19. The summed E-state index contributed by atoms with van der Waals surface area (Å²) in [6.45, 7) is -1.28. The van der Waals surface area contributed by atoms with Gasteiger partial charge in [0.25, 0.3) is 0 Å². The molecule has 1 saturated heterocycles. The van der Waals surface area contributed by atoms with Crippen LogP contribution in [0.4, 0.5) is 45.3 Å². The van der Waals surface area contributed by atoms with Crippen LogP contribution in [-0.2, 0) is 28.6 Å². The van der Waals surface area contributed by atoms with Gasteiger partial charge in [0.15, 0.2) is 17.0 Å². The van der Waals surface area contributed by atoms with Crippen molar-refractivity contribution in [2.45, 2.75) is 43.4 Å². The second-order valence-corrected chi connectivity index (χ2v) is 6.90. The Morgan fingerprint density at radius 1 is 0.972 bits per heavy atom. The van der Waals surface area contributed by atoms with Gasteiger partial charge in [-0.25, -0.2) is 24.5 Å². The van der Waals surface area contributed by atoms with Crippen molar-refractivity contribution in [1.82, 2.24) is 19.5 Å². The molecule has 3 atom stereocenters. The number of hydrogen-bond acceptors (Lipinski definition) is 9. The van der Waals surface area contributed by atoms with Gasteiger partial charge in [0.1, 0.15) is 31.4 Å². The van der Waals surface area contributed by atoms with E-state index in [-0.39, 0.29) is 5.65 Å². The van der Waals surface area contributed by atoms with E-state index in [4.69, 9.17) is 4.74 Å². The highest BCUT2D eigenvalue weighted by Gasteiger charge is 2.48. The highest BCUT2D eigenvalue weighted by Crippen LogP contribution is 2.35. The molecule has 20 heteroatoms. The van der Waals surface area contributed by atoms with Gasteiger partial charge in [0.05, 0.1) is 6.33 Å². The highest BCUT2D eigenvalue weighted by atomic mass is 19.4. The molecule has 0 aromatic carbocycles. The first kappa shape index (κ1) is 26.9. The lowest BCUT2D eigenvalue weighted by atomic mass is 10.2. The van der Waals surface area contributed by atoms with Gasteiger partial charge in [-0.05, 0) is 0 Å². The number of fused-ring (bicyclic) bond motifs is 1. The number of amides is 1. The lowest BCUT2D eigenvalue weighted by Gasteiger charge is -2.19. The molecule has 1 aliphatic heterocycles. The van der Waals surface area contributed by atoms with Crippen LogP contribution in [0.2, 0.25) is 0 Å². The third-order valence-corrected chi connectivity index (χ3v) is 4.44. The number of carbonyl (C=O) groups is 3. The molecular weight excluding hydrogens is 529 g/mol. The summed E-state index contributed by atoms with van der Waals surface area (Å²) in [4.78, 5) is 44.3. The number of esters is 2. The molecule has 0 saturated carbocycles. The molecule has 1 fully saturated rings. The number of imidazole rings is 1. The number of aromatic nitrogens is 4. The maximum absolute atomic E-state index is 12.6. The van der Waals surface area contributed by atoms with Crippen LogP contribution in [0.1, 0.15) is 12.6 Å². The van der Waals surface area contributed by atoms with E-state index in [0.29, 0.717) is 6.33 Å². The molecule has 1 aliphatic rings. The molecule has 198 valence electrons. The Balaban J connectivity index is 1.86. The molecule has 0 aliphatic carbocycles. The van der Waals surface area contributed by atoms with Crippen LogP contribution in [0.15, 0.2) is 12.7 Å². The molecule has 3 unspecified atom stereocenters. The van der Waals surface area contributed by atoms with E-state index >= 15 is 0 Å². The number of nitrogens with zero attached hydrogens (tertiary/aromatic N) is 4. The topological polar surface area (TPSA) is 135 Å². The summed E-state index contributed by atoms with van der Waals surface area (Å²) in [5.41, 5.74) is -0.740. The molecular formula is C16H10F9N5O6. The van der Waals surface area contributed by atoms with Crippen molar-refractivity contribution in [1.29, 1.82) is 0 Å². The molecule has 0 radical (unpaired) electrons. The number of anilines is 1. The summed E-state index contributed by atoms with van der Waals surface area (Å²) in [6, 6.07) is 0. The number of hydrogen-bond donors (Lipinski definition) is 1. The van der Waals surface area contributed by atoms with Crippen molar-refractivity contribution in [3.05, 3.63) is 12.7 Å². The summed E-state index contributed by atoms with van der Waals surface area (Å²) in [6.07, 6.45) is -20.5.